The third kappa shape index (κ3) is 3.85. The first-order valence-electron chi connectivity index (χ1n) is 7.99. The second-order valence-electron chi connectivity index (χ2n) is 5.92. The third-order valence-corrected chi connectivity index (χ3v) is 5.19. The number of amides is 2. The number of benzene rings is 1. The van der Waals surface area contributed by atoms with Crippen LogP contribution in [-0.2, 0) is 5.54 Å². The Balaban J connectivity index is 1.67. The van der Waals surface area contributed by atoms with Crippen LogP contribution >= 0.6 is 11.3 Å². The molecule has 0 bridgehead atoms. The van der Waals surface area contributed by atoms with E-state index in [1.807, 2.05) is 50.4 Å². The van der Waals surface area contributed by atoms with E-state index in [1.165, 1.54) is 4.80 Å². The molecule has 1 unspecified atom stereocenters. The van der Waals surface area contributed by atoms with Crippen molar-refractivity contribution in [1.82, 2.24) is 25.3 Å². The number of nitrogens with one attached hydrogen (secondary N) is 2. The average molecular weight is 356 g/mol. The Morgan fingerprint density at radius 1 is 1.24 bits per heavy atom. The molecule has 0 saturated carbocycles. The van der Waals surface area contributed by atoms with Crippen molar-refractivity contribution < 1.29 is 4.79 Å². The van der Waals surface area contributed by atoms with Crippen LogP contribution in [0.15, 0.2) is 42.0 Å². The van der Waals surface area contributed by atoms with E-state index in [1.54, 1.807) is 23.7 Å². The highest BCUT2D eigenvalue weighted by Gasteiger charge is 2.29. The number of rotatable bonds is 5. The van der Waals surface area contributed by atoms with Crippen molar-refractivity contribution >= 4 is 23.1 Å². The van der Waals surface area contributed by atoms with E-state index in [0.717, 1.165) is 22.8 Å². The van der Waals surface area contributed by atoms with Crippen LogP contribution in [0.1, 0.15) is 31.0 Å². The fourth-order valence-electron chi connectivity index (χ4n) is 2.34. The molecule has 3 aromatic rings. The lowest BCUT2D eigenvalue weighted by atomic mass is 10.0. The lowest BCUT2D eigenvalue weighted by molar-refractivity contribution is 0.237. The number of carbonyl (C=O) groups is 1. The summed E-state index contributed by atoms with van der Waals surface area (Å²) >= 11 is 1.56. The van der Waals surface area contributed by atoms with Crippen LogP contribution in [0.4, 0.5) is 10.5 Å². The van der Waals surface area contributed by atoms with Gasteiger partial charge < -0.3 is 10.6 Å². The number of aryl methyl sites for hydroxylation is 1. The predicted octanol–water partition coefficient (Wildman–Crippen LogP) is 3.48. The Morgan fingerprint density at radius 3 is 2.48 bits per heavy atom. The van der Waals surface area contributed by atoms with E-state index >= 15 is 0 Å². The number of urea groups is 1. The molecule has 2 aromatic heterocycles. The quantitative estimate of drug-likeness (QED) is 0.733. The maximum atomic E-state index is 12.4. The maximum Gasteiger partial charge on any atom is 0.320 e. The van der Waals surface area contributed by atoms with Gasteiger partial charge in [0, 0.05) is 16.8 Å². The highest BCUT2D eigenvalue weighted by atomic mass is 32.1. The molecule has 0 spiro atoms. The molecular formula is C17H20N6OS. The van der Waals surface area contributed by atoms with E-state index < -0.39 is 5.54 Å². The standard InChI is InChI=1S/C17H20N6OS/c1-4-17(3,15-20-12(2)11-25-15)22-16(24)21-13-5-7-14(8-6-13)23-18-9-10-19-23/h5-11H,4H2,1-3H3,(H2,21,22,24). The molecule has 0 aliphatic rings. The Hall–Kier alpha value is -2.74. The molecule has 130 valence electrons. The highest BCUT2D eigenvalue weighted by Crippen LogP contribution is 2.27. The Morgan fingerprint density at radius 2 is 1.92 bits per heavy atom. The number of hydrogen-bond donors (Lipinski definition) is 2. The number of anilines is 1. The fraction of sp³-hybridized carbons (Fsp3) is 0.294. The first kappa shape index (κ1) is 17.1. The van der Waals surface area contributed by atoms with Crippen molar-refractivity contribution in [2.45, 2.75) is 32.7 Å². The molecular weight excluding hydrogens is 336 g/mol. The van der Waals surface area contributed by atoms with Gasteiger partial charge in [0.1, 0.15) is 5.01 Å². The molecule has 0 radical (unpaired) electrons. The summed E-state index contributed by atoms with van der Waals surface area (Å²) in [5.74, 6) is 0. The van der Waals surface area contributed by atoms with Gasteiger partial charge in [0.25, 0.3) is 0 Å². The zero-order valence-electron chi connectivity index (χ0n) is 14.4. The van der Waals surface area contributed by atoms with Gasteiger partial charge in [0.2, 0.25) is 0 Å². The van der Waals surface area contributed by atoms with E-state index in [9.17, 15) is 4.79 Å². The van der Waals surface area contributed by atoms with Crippen LogP contribution in [-0.4, -0.2) is 26.0 Å². The van der Waals surface area contributed by atoms with Crippen LogP contribution < -0.4 is 10.6 Å². The molecule has 1 atom stereocenters. The summed E-state index contributed by atoms with van der Waals surface area (Å²) in [6.07, 6.45) is 3.98. The van der Waals surface area contributed by atoms with Crippen molar-refractivity contribution in [1.29, 1.82) is 0 Å². The molecule has 0 aliphatic carbocycles. The summed E-state index contributed by atoms with van der Waals surface area (Å²) in [5.41, 5.74) is 1.99. The lowest BCUT2D eigenvalue weighted by Crippen LogP contribution is -2.45. The zero-order valence-corrected chi connectivity index (χ0v) is 15.2. The molecule has 2 N–H and O–H groups in total. The summed E-state index contributed by atoms with van der Waals surface area (Å²) in [5, 5.41) is 16.9. The van der Waals surface area contributed by atoms with Gasteiger partial charge in [0.05, 0.1) is 23.6 Å². The molecule has 7 nitrogen and oxygen atoms in total. The van der Waals surface area contributed by atoms with E-state index in [-0.39, 0.29) is 6.03 Å². The predicted molar refractivity (Wildman–Crippen MR) is 98.0 cm³/mol. The summed E-state index contributed by atoms with van der Waals surface area (Å²) in [6.45, 7) is 5.96. The summed E-state index contributed by atoms with van der Waals surface area (Å²) < 4.78 is 0. The molecule has 2 amide bonds. The molecule has 25 heavy (non-hydrogen) atoms. The number of thiazole rings is 1. The van der Waals surface area contributed by atoms with Crippen LogP contribution in [0.25, 0.3) is 5.69 Å². The Kier molecular flexibility index (Phi) is 4.80. The molecule has 0 aliphatic heterocycles. The minimum Gasteiger partial charge on any atom is -0.326 e. The third-order valence-electron chi connectivity index (χ3n) is 3.96. The van der Waals surface area contributed by atoms with Gasteiger partial charge in [-0.3, -0.25) is 0 Å². The molecule has 8 heteroatoms. The van der Waals surface area contributed by atoms with Crippen molar-refractivity contribution in [2.24, 2.45) is 0 Å². The Labute approximate surface area is 150 Å². The normalized spacial score (nSPS) is 13.2. The highest BCUT2D eigenvalue weighted by molar-refractivity contribution is 7.09. The number of carbonyl (C=O) groups excluding carboxylic acids is 1. The fourth-order valence-corrected chi connectivity index (χ4v) is 3.33. The van der Waals surface area contributed by atoms with Crippen LogP contribution in [0.3, 0.4) is 0 Å². The minimum atomic E-state index is -0.498. The van der Waals surface area contributed by atoms with Gasteiger partial charge in [-0.25, -0.2) is 9.78 Å². The van der Waals surface area contributed by atoms with Gasteiger partial charge in [-0.05, 0) is 44.5 Å². The smallest absolute Gasteiger partial charge is 0.320 e. The largest absolute Gasteiger partial charge is 0.326 e. The van der Waals surface area contributed by atoms with Gasteiger partial charge in [-0.1, -0.05) is 6.92 Å². The number of aromatic nitrogens is 4. The molecule has 3 rings (SSSR count). The lowest BCUT2D eigenvalue weighted by Gasteiger charge is -2.27. The minimum absolute atomic E-state index is 0.262. The van der Waals surface area contributed by atoms with Gasteiger partial charge in [0.15, 0.2) is 0 Å². The van der Waals surface area contributed by atoms with Gasteiger partial charge in [-0.2, -0.15) is 15.0 Å². The first-order valence-corrected chi connectivity index (χ1v) is 8.86. The van der Waals surface area contributed by atoms with E-state index in [2.05, 4.69) is 25.8 Å². The van der Waals surface area contributed by atoms with Gasteiger partial charge in [-0.15, -0.1) is 11.3 Å². The zero-order chi connectivity index (χ0) is 17.9. The van der Waals surface area contributed by atoms with Crippen LogP contribution in [0, 0.1) is 6.92 Å². The monoisotopic (exact) mass is 356 g/mol. The topological polar surface area (TPSA) is 84.7 Å². The second kappa shape index (κ2) is 7.02. The molecule has 0 fully saturated rings. The molecule has 1 aromatic carbocycles. The van der Waals surface area contributed by atoms with Crippen molar-refractivity contribution in [3.05, 3.63) is 52.7 Å². The van der Waals surface area contributed by atoms with Crippen LogP contribution in [0.5, 0.6) is 0 Å². The SMILES string of the molecule is CCC(C)(NC(=O)Nc1ccc(-n2nccn2)cc1)c1nc(C)cs1. The molecule has 0 saturated heterocycles. The maximum absolute atomic E-state index is 12.4. The van der Waals surface area contributed by atoms with Crippen molar-refractivity contribution in [3.63, 3.8) is 0 Å². The Bertz CT molecular complexity index is 842. The second-order valence-corrected chi connectivity index (χ2v) is 6.78. The number of nitrogens with zero attached hydrogens (tertiary/aromatic N) is 4. The summed E-state index contributed by atoms with van der Waals surface area (Å²) in [7, 11) is 0. The first-order chi connectivity index (χ1) is 12.0. The number of hydrogen-bond acceptors (Lipinski definition) is 5. The summed E-state index contributed by atoms with van der Waals surface area (Å²) in [4.78, 5) is 18.4. The summed E-state index contributed by atoms with van der Waals surface area (Å²) in [6, 6.07) is 7.06. The van der Waals surface area contributed by atoms with E-state index in [0.29, 0.717) is 5.69 Å². The van der Waals surface area contributed by atoms with Crippen molar-refractivity contribution in [2.75, 3.05) is 5.32 Å². The van der Waals surface area contributed by atoms with E-state index in [4.69, 9.17) is 0 Å². The van der Waals surface area contributed by atoms with Crippen molar-refractivity contribution in [3.8, 4) is 5.69 Å². The average Bonchev–Trinajstić information content (AvgIpc) is 3.27. The molecule has 2 heterocycles. The van der Waals surface area contributed by atoms with Gasteiger partial charge >= 0.3 is 6.03 Å². The van der Waals surface area contributed by atoms with Crippen LogP contribution in [0.2, 0.25) is 0 Å².